The summed E-state index contributed by atoms with van der Waals surface area (Å²) in [6.45, 7) is 2.08. The highest BCUT2D eigenvalue weighted by molar-refractivity contribution is 5.43. The molecule has 2 heteroatoms. The van der Waals surface area contributed by atoms with Crippen LogP contribution >= 0.6 is 0 Å². The second-order valence-electron chi connectivity index (χ2n) is 2.87. The molecule has 1 N–H and O–H groups in total. The van der Waals surface area contributed by atoms with Crippen LogP contribution < -0.4 is 5.43 Å². The highest BCUT2D eigenvalue weighted by Crippen LogP contribution is 2.07. The minimum Gasteiger partial charge on any atom is -0.319 e. The topological polar surface area (TPSA) is 15.3 Å². The number of anilines is 1. The van der Waals surface area contributed by atoms with E-state index >= 15 is 0 Å². The number of benzene rings is 1. The molecule has 0 spiro atoms. The van der Waals surface area contributed by atoms with E-state index in [4.69, 9.17) is 0 Å². The number of aryl methyl sites for hydroxylation is 1. The number of nitrogens with one attached hydrogen (secondary N) is 1. The van der Waals surface area contributed by atoms with Gasteiger partial charge in [0.15, 0.2) is 0 Å². The molecule has 0 saturated heterocycles. The summed E-state index contributed by atoms with van der Waals surface area (Å²) in [6, 6.07) is 8.31. The zero-order chi connectivity index (χ0) is 8.27. The van der Waals surface area contributed by atoms with E-state index in [2.05, 4.69) is 36.6 Å². The third kappa shape index (κ3) is 2.60. The molecule has 60 valence electrons. The van der Waals surface area contributed by atoms with Crippen molar-refractivity contribution in [3.05, 3.63) is 29.8 Å². The normalized spacial score (nSPS) is 10.2. The third-order valence-electron chi connectivity index (χ3n) is 1.40. The van der Waals surface area contributed by atoms with E-state index in [0.29, 0.717) is 0 Å². The van der Waals surface area contributed by atoms with Gasteiger partial charge in [-0.1, -0.05) is 17.7 Å². The summed E-state index contributed by atoms with van der Waals surface area (Å²) in [5.41, 5.74) is 5.58. The molecule has 0 saturated carbocycles. The Morgan fingerprint density at radius 3 is 2.09 bits per heavy atom. The van der Waals surface area contributed by atoms with Crippen LogP contribution in [0.15, 0.2) is 24.3 Å². The van der Waals surface area contributed by atoms with Crippen molar-refractivity contribution in [2.45, 2.75) is 6.92 Å². The molecule has 2 nitrogen and oxygen atoms in total. The maximum Gasteiger partial charge on any atom is 0.0490 e. The van der Waals surface area contributed by atoms with Crippen LogP contribution in [0.4, 0.5) is 5.69 Å². The fraction of sp³-hybridized carbons (Fsp3) is 0.333. The maximum absolute atomic E-state index is 3.17. The number of hydrogen-bond acceptors (Lipinski definition) is 2. The average Bonchev–Trinajstić information content (AvgIpc) is 1.93. The zero-order valence-electron chi connectivity index (χ0n) is 7.26. The van der Waals surface area contributed by atoms with Gasteiger partial charge in [0.25, 0.3) is 0 Å². The minimum absolute atomic E-state index is 1.13. The fourth-order valence-corrected chi connectivity index (χ4v) is 0.886. The summed E-state index contributed by atoms with van der Waals surface area (Å²) >= 11 is 0. The largest absolute Gasteiger partial charge is 0.319 e. The van der Waals surface area contributed by atoms with Crippen molar-refractivity contribution < 1.29 is 0 Å². The van der Waals surface area contributed by atoms with Crippen molar-refractivity contribution in [3.63, 3.8) is 0 Å². The van der Waals surface area contributed by atoms with E-state index in [-0.39, 0.29) is 0 Å². The molecule has 0 aliphatic carbocycles. The zero-order valence-corrected chi connectivity index (χ0v) is 7.26. The van der Waals surface area contributed by atoms with Gasteiger partial charge in [-0.2, -0.15) is 0 Å². The molecule has 0 heterocycles. The molecule has 0 unspecified atom stereocenters. The Morgan fingerprint density at radius 1 is 1.09 bits per heavy atom. The Hall–Kier alpha value is -1.02. The van der Waals surface area contributed by atoms with Crippen molar-refractivity contribution in [1.29, 1.82) is 0 Å². The number of rotatable bonds is 2. The first-order valence-corrected chi connectivity index (χ1v) is 3.69. The molecule has 0 radical (unpaired) electrons. The Kier molecular flexibility index (Phi) is 2.49. The van der Waals surface area contributed by atoms with Gasteiger partial charge in [0.05, 0.1) is 0 Å². The Morgan fingerprint density at radius 2 is 1.64 bits per heavy atom. The first kappa shape index (κ1) is 8.08. The minimum atomic E-state index is 1.13. The molecule has 0 amide bonds. The molecule has 1 aromatic rings. The number of hydrazine groups is 1. The van der Waals surface area contributed by atoms with Gasteiger partial charge < -0.3 is 5.43 Å². The summed E-state index contributed by atoms with van der Waals surface area (Å²) in [5, 5.41) is 1.92. The van der Waals surface area contributed by atoms with E-state index in [9.17, 15) is 0 Å². The van der Waals surface area contributed by atoms with Crippen LogP contribution in [-0.4, -0.2) is 19.1 Å². The smallest absolute Gasteiger partial charge is 0.0490 e. The van der Waals surface area contributed by atoms with Crippen LogP contribution in [0, 0.1) is 6.92 Å². The van der Waals surface area contributed by atoms with E-state index in [1.54, 1.807) is 0 Å². The summed E-state index contributed by atoms with van der Waals surface area (Å²) in [7, 11) is 3.94. The highest BCUT2D eigenvalue weighted by Gasteiger charge is 1.90. The van der Waals surface area contributed by atoms with Crippen LogP contribution in [0.1, 0.15) is 5.56 Å². The van der Waals surface area contributed by atoms with Gasteiger partial charge in [-0.3, -0.25) is 0 Å². The average molecular weight is 150 g/mol. The van der Waals surface area contributed by atoms with E-state index < -0.39 is 0 Å². The molecule has 11 heavy (non-hydrogen) atoms. The Bertz CT molecular complexity index is 214. The van der Waals surface area contributed by atoms with Gasteiger partial charge in [0, 0.05) is 19.8 Å². The van der Waals surface area contributed by atoms with Gasteiger partial charge in [0.2, 0.25) is 0 Å². The molecule has 0 bridgehead atoms. The Balaban J connectivity index is 2.66. The molecule has 0 aromatic heterocycles. The van der Waals surface area contributed by atoms with Crippen molar-refractivity contribution in [2.24, 2.45) is 0 Å². The van der Waals surface area contributed by atoms with Gasteiger partial charge in [-0.15, -0.1) is 0 Å². The summed E-state index contributed by atoms with van der Waals surface area (Å²) < 4.78 is 0. The standard InChI is InChI=1S/C9H14N2/c1-8-4-6-9(7-5-8)10-11(2)3/h4-7,10H,1-3H3. The molecule has 0 aliphatic heterocycles. The monoisotopic (exact) mass is 150 g/mol. The highest BCUT2D eigenvalue weighted by atomic mass is 15.5. The van der Waals surface area contributed by atoms with Crippen molar-refractivity contribution in [3.8, 4) is 0 Å². The summed E-state index contributed by atoms with van der Waals surface area (Å²) in [4.78, 5) is 0. The first-order valence-electron chi connectivity index (χ1n) is 3.69. The maximum atomic E-state index is 3.17. The molecule has 0 aliphatic rings. The Labute approximate surface area is 67.8 Å². The van der Waals surface area contributed by atoms with Crippen molar-refractivity contribution in [2.75, 3.05) is 19.5 Å². The molecule has 0 fully saturated rings. The van der Waals surface area contributed by atoms with E-state index in [0.717, 1.165) is 5.69 Å². The van der Waals surface area contributed by atoms with Crippen LogP contribution in [0.2, 0.25) is 0 Å². The molecule has 1 aromatic carbocycles. The predicted molar refractivity (Wildman–Crippen MR) is 48.5 cm³/mol. The first-order chi connectivity index (χ1) is 5.18. The number of nitrogens with zero attached hydrogens (tertiary/aromatic N) is 1. The van der Waals surface area contributed by atoms with Gasteiger partial charge in [0.1, 0.15) is 0 Å². The second kappa shape index (κ2) is 3.39. The fourth-order valence-electron chi connectivity index (χ4n) is 0.886. The molecular formula is C9H14N2. The van der Waals surface area contributed by atoms with Gasteiger partial charge in [-0.25, -0.2) is 5.01 Å². The van der Waals surface area contributed by atoms with Crippen molar-refractivity contribution >= 4 is 5.69 Å². The summed E-state index contributed by atoms with van der Waals surface area (Å²) in [6.07, 6.45) is 0. The quantitative estimate of drug-likeness (QED) is 0.647. The van der Waals surface area contributed by atoms with Gasteiger partial charge >= 0.3 is 0 Å². The molecule has 0 atom stereocenters. The van der Waals surface area contributed by atoms with Crippen LogP contribution in [0.3, 0.4) is 0 Å². The second-order valence-corrected chi connectivity index (χ2v) is 2.87. The van der Waals surface area contributed by atoms with Crippen LogP contribution in [0.25, 0.3) is 0 Å². The lowest BCUT2D eigenvalue weighted by molar-refractivity contribution is 0.495. The molecular weight excluding hydrogens is 136 g/mol. The lowest BCUT2D eigenvalue weighted by atomic mass is 10.2. The SMILES string of the molecule is Cc1ccc(NN(C)C)cc1. The number of hydrogen-bond donors (Lipinski definition) is 1. The lowest BCUT2D eigenvalue weighted by Crippen LogP contribution is -2.19. The van der Waals surface area contributed by atoms with Crippen LogP contribution in [0.5, 0.6) is 0 Å². The molecule has 1 rings (SSSR count). The lowest BCUT2D eigenvalue weighted by Gasteiger charge is -2.12. The van der Waals surface area contributed by atoms with Gasteiger partial charge in [-0.05, 0) is 19.1 Å². The van der Waals surface area contributed by atoms with Crippen LogP contribution in [-0.2, 0) is 0 Å². The van der Waals surface area contributed by atoms with Crippen molar-refractivity contribution in [1.82, 2.24) is 5.01 Å². The third-order valence-corrected chi connectivity index (χ3v) is 1.40. The van der Waals surface area contributed by atoms with E-state index in [1.807, 2.05) is 19.1 Å². The predicted octanol–water partition coefficient (Wildman–Crippen LogP) is 1.88. The van der Waals surface area contributed by atoms with E-state index in [1.165, 1.54) is 5.56 Å². The summed E-state index contributed by atoms with van der Waals surface area (Å²) in [5.74, 6) is 0.